The van der Waals surface area contributed by atoms with E-state index in [0.29, 0.717) is 35.6 Å². The van der Waals surface area contributed by atoms with Gasteiger partial charge in [-0.25, -0.2) is 0 Å². The highest BCUT2D eigenvalue weighted by Crippen LogP contribution is 2.22. The molecule has 1 amide bonds. The molecule has 1 aromatic carbocycles. The zero-order valence-electron chi connectivity index (χ0n) is 13.4. The van der Waals surface area contributed by atoms with Gasteiger partial charge in [-0.2, -0.15) is 5.26 Å². The predicted molar refractivity (Wildman–Crippen MR) is 95.4 cm³/mol. The summed E-state index contributed by atoms with van der Waals surface area (Å²) in [5, 5.41) is 12.4. The zero-order chi connectivity index (χ0) is 17.6. The second-order valence-corrected chi connectivity index (χ2v) is 5.85. The van der Waals surface area contributed by atoms with Crippen molar-refractivity contribution in [2.45, 2.75) is 0 Å². The number of ether oxygens (including phenoxy) is 1. The number of nitrogens with one attached hydrogen (secondary N) is 1. The van der Waals surface area contributed by atoms with E-state index in [1.807, 2.05) is 12.1 Å². The molecule has 1 aromatic heterocycles. The highest BCUT2D eigenvalue weighted by Gasteiger charge is 2.15. The van der Waals surface area contributed by atoms with E-state index in [1.165, 1.54) is 6.08 Å². The molecule has 0 aliphatic carbocycles. The van der Waals surface area contributed by atoms with E-state index in [2.05, 4.69) is 10.2 Å². The molecule has 128 valence electrons. The number of hydrogen-bond acceptors (Lipinski definition) is 5. The van der Waals surface area contributed by atoms with Crippen LogP contribution in [0.25, 0.3) is 6.08 Å². The number of anilines is 2. The molecular formula is C18H16ClN3O3. The first kappa shape index (κ1) is 17.1. The molecule has 1 aliphatic heterocycles. The number of benzene rings is 1. The third-order valence-corrected chi connectivity index (χ3v) is 3.90. The van der Waals surface area contributed by atoms with Gasteiger partial charge >= 0.3 is 0 Å². The normalized spacial score (nSPS) is 14.9. The van der Waals surface area contributed by atoms with Gasteiger partial charge in [-0.3, -0.25) is 4.79 Å². The van der Waals surface area contributed by atoms with Crippen molar-refractivity contribution < 1.29 is 13.9 Å². The summed E-state index contributed by atoms with van der Waals surface area (Å²) in [6.07, 6.45) is 1.42. The molecule has 0 atom stereocenters. The number of morpholine rings is 1. The van der Waals surface area contributed by atoms with E-state index in [9.17, 15) is 10.1 Å². The topological polar surface area (TPSA) is 78.5 Å². The van der Waals surface area contributed by atoms with Crippen LogP contribution in [-0.2, 0) is 9.53 Å². The average Bonchev–Trinajstić information content (AvgIpc) is 3.09. The van der Waals surface area contributed by atoms with E-state index in [1.54, 1.807) is 30.3 Å². The fourth-order valence-electron chi connectivity index (χ4n) is 2.43. The number of nitriles is 1. The predicted octanol–water partition coefficient (Wildman–Crippen LogP) is 3.32. The highest BCUT2D eigenvalue weighted by molar-refractivity contribution is 6.31. The van der Waals surface area contributed by atoms with Crippen LogP contribution in [0, 0.1) is 11.3 Å². The SMILES string of the molecule is N#CC(=Cc1ccc(N2CCOCC2)o1)C(=O)Nc1cccc(Cl)c1. The fourth-order valence-corrected chi connectivity index (χ4v) is 2.62. The molecule has 3 rings (SSSR count). The molecule has 0 spiro atoms. The van der Waals surface area contributed by atoms with Crippen molar-refractivity contribution in [2.75, 3.05) is 36.5 Å². The molecule has 0 unspecified atom stereocenters. The lowest BCUT2D eigenvalue weighted by atomic mass is 10.2. The minimum atomic E-state index is -0.519. The van der Waals surface area contributed by atoms with Gasteiger partial charge in [0.2, 0.25) is 0 Å². The summed E-state index contributed by atoms with van der Waals surface area (Å²) in [7, 11) is 0. The molecular weight excluding hydrogens is 342 g/mol. The van der Waals surface area contributed by atoms with Gasteiger partial charge in [0.15, 0.2) is 5.88 Å². The maximum absolute atomic E-state index is 12.3. The maximum atomic E-state index is 12.3. The van der Waals surface area contributed by atoms with Gasteiger partial charge < -0.3 is 19.4 Å². The van der Waals surface area contributed by atoms with Crippen LogP contribution < -0.4 is 10.2 Å². The second-order valence-electron chi connectivity index (χ2n) is 5.41. The Kier molecular flexibility index (Phi) is 5.39. The van der Waals surface area contributed by atoms with Crippen molar-refractivity contribution in [3.05, 3.63) is 52.8 Å². The molecule has 7 heteroatoms. The Hall–Kier alpha value is -2.75. The molecule has 2 aromatic rings. The van der Waals surface area contributed by atoms with Crippen molar-refractivity contribution in [1.82, 2.24) is 0 Å². The summed E-state index contributed by atoms with van der Waals surface area (Å²) in [5.41, 5.74) is 0.468. The Morgan fingerprint density at radius 1 is 1.28 bits per heavy atom. The van der Waals surface area contributed by atoms with E-state index in [4.69, 9.17) is 20.8 Å². The van der Waals surface area contributed by atoms with Crippen LogP contribution >= 0.6 is 11.6 Å². The van der Waals surface area contributed by atoms with Crippen LogP contribution in [0.2, 0.25) is 5.02 Å². The Balaban J connectivity index is 1.72. The molecule has 6 nitrogen and oxygen atoms in total. The number of nitrogens with zero attached hydrogens (tertiary/aromatic N) is 2. The molecule has 0 saturated carbocycles. The molecule has 0 bridgehead atoms. The summed E-state index contributed by atoms with van der Waals surface area (Å²) < 4.78 is 11.0. The van der Waals surface area contributed by atoms with E-state index in [-0.39, 0.29) is 5.57 Å². The first-order valence-electron chi connectivity index (χ1n) is 7.77. The van der Waals surface area contributed by atoms with Crippen LogP contribution in [0.1, 0.15) is 5.76 Å². The Morgan fingerprint density at radius 2 is 2.08 bits per heavy atom. The molecule has 1 aliphatic rings. The third kappa shape index (κ3) is 4.41. The first-order chi connectivity index (χ1) is 12.2. The van der Waals surface area contributed by atoms with Crippen LogP contribution in [-0.4, -0.2) is 32.2 Å². The van der Waals surface area contributed by atoms with Crippen molar-refractivity contribution in [3.8, 4) is 6.07 Å². The minimum absolute atomic E-state index is 0.0529. The molecule has 1 saturated heterocycles. The summed E-state index contributed by atoms with van der Waals surface area (Å²) >= 11 is 5.89. The molecule has 0 radical (unpaired) electrons. The van der Waals surface area contributed by atoms with Gasteiger partial charge in [0, 0.05) is 35.9 Å². The summed E-state index contributed by atoms with van der Waals surface area (Å²) in [6.45, 7) is 2.79. The quantitative estimate of drug-likeness (QED) is 0.670. The highest BCUT2D eigenvalue weighted by atomic mass is 35.5. The minimum Gasteiger partial charge on any atom is -0.441 e. The number of halogens is 1. The monoisotopic (exact) mass is 357 g/mol. The Morgan fingerprint density at radius 3 is 2.80 bits per heavy atom. The third-order valence-electron chi connectivity index (χ3n) is 3.67. The lowest BCUT2D eigenvalue weighted by molar-refractivity contribution is -0.112. The van der Waals surface area contributed by atoms with Crippen LogP contribution in [0.5, 0.6) is 0 Å². The number of hydrogen-bond donors (Lipinski definition) is 1. The van der Waals surface area contributed by atoms with Gasteiger partial charge in [-0.15, -0.1) is 0 Å². The maximum Gasteiger partial charge on any atom is 0.266 e. The molecule has 2 heterocycles. The van der Waals surface area contributed by atoms with Gasteiger partial charge in [-0.1, -0.05) is 17.7 Å². The average molecular weight is 358 g/mol. The Bertz CT molecular complexity index is 832. The van der Waals surface area contributed by atoms with Crippen molar-refractivity contribution >= 4 is 35.2 Å². The van der Waals surface area contributed by atoms with Crippen LogP contribution in [0.15, 0.2) is 46.4 Å². The van der Waals surface area contributed by atoms with E-state index >= 15 is 0 Å². The largest absolute Gasteiger partial charge is 0.441 e. The Labute approximate surface area is 150 Å². The van der Waals surface area contributed by atoms with Crippen LogP contribution in [0.3, 0.4) is 0 Å². The summed E-state index contributed by atoms with van der Waals surface area (Å²) in [5.74, 6) is 0.621. The van der Waals surface area contributed by atoms with E-state index in [0.717, 1.165) is 13.1 Å². The summed E-state index contributed by atoms with van der Waals surface area (Å²) in [6, 6.07) is 12.2. The van der Waals surface area contributed by atoms with E-state index < -0.39 is 5.91 Å². The number of rotatable bonds is 4. The molecule has 25 heavy (non-hydrogen) atoms. The first-order valence-corrected chi connectivity index (χ1v) is 8.15. The van der Waals surface area contributed by atoms with Crippen molar-refractivity contribution in [1.29, 1.82) is 5.26 Å². The van der Waals surface area contributed by atoms with Crippen LogP contribution in [0.4, 0.5) is 11.6 Å². The smallest absolute Gasteiger partial charge is 0.266 e. The lowest BCUT2D eigenvalue weighted by Crippen LogP contribution is -2.35. The number of amides is 1. The van der Waals surface area contributed by atoms with Crippen molar-refractivity contribution in [3.63, 3.8) is 0 Å². The molecule has 1 N–H and O–H groups in total. The number of furan rings is 1. The standard InChI is InChI=1S/C18H16ClN3O3/c19-14-2-1-3-15(11-14)21-18(23)13(12-20)10-16-4-5-17(25-16)22-6-8-24-9-7-22/h1-5,10-11H,6-9H2,(H,21,23). The lowest BCUT2D eigenvalue weighted by Gasteiger charge is -2.26. The fraction of sp³-hybridized carbons (Fsp3) is 0.222. The summed E-state index contributed by atoms with van der Waals surface area (Å²) in [4.78, 5) is 14.3. The molecule has 1 fully saturated rings. The zero-order valence-corrected chi connectivity index (χ0v) is 14.1. The number of carbonyl (C=O) groups is 1. The van der Waals surface area contributed by atoms with Gasteiger partial charge in [0.05, 0.1) is 13.2 Å². The number of carbonyl (C=O) groups excluding carboxylic acids is 1. The van der Waals surface area contributed by atoms with Gasteiger partial charge in [0.25, 0.3) is 5.91 Å². The van der Waals surface area contributed by atoms with Gasteiger partial charge in [0.1, 0.15) is 17.4 Å². The van der Waals surface area contributed by atoms with Crippen molar-refractivity contribution in [2.24, 2.45) is 0 Å². The van der Waals surface area contributed by atoms with Gasteiger partial charge in [-0.05, 0) is 24.3 Å². The second kappa shape index (κ2) is 7.88.